The molecule has 34 heteroatoms. The van der Waals surface area contributed by atoms with E-state index in [9.17, 15) is 47.9 Å². The number of benzene rings is 1. The second-order valence-corrected chi connectivity index (χ2v) is 32.5. The molecule has 33 nitrogen and oxygen atoms in total. The number of aldehydes is 2. The minimum atomic E-state index is -0.665. The monoisotopic (exact) mass is 1650 g/mol. The van der Waals surface area contributed by atoms with Gasteiger partial charge in [0.1, 0.15) is 35.0 Å². The largest absolute Gasteiger partial charge is 1.00 e. The van der Waals surface area contributed by atoms with Crippen LogP contribution in [0, 0.1) is 23.7 Å². The van der Waals surface area contributed by atoms with Crippen molar-refractivity contribution in [2.75, 3.05) is 99.9 Å². The Morgan fingerprint density at radius 1 is 0.496 bits per heavy atom. The van der Waals surface area contributed by atoms with E-state index in [4.69, 9.17) is 54.9 Å². The first-order chi connectivity index (χ1) is 52.2. The van der Waals surface area contributed by atoms with Gasteiger partial charge in [-0.3, -0.25) is 24.0 Å². The topological polar surface area (TPSA) is 465 Å². The maximum absolute atomic E-state index is 12.2. The summed E-state index contributed by atoms with van der Waals surface area (Å²) in [6.07, 6.45) is 21.4. The van der Waals surface area contributed by atoms with Crippen LogP contribution in [0.15, 0.2) is 42.5 Å². The van der Waals surface area contributed by atoms with Gasteiger partial charge in [0, 0.05) is 95.4 Å². The van der Waals surface area contributed by atoms with Crippen LogP contribution in [-0.4, -0.2) is 269 Å². The zero-order valence-corrected chi connectivity index (χ0v) is 73.6. The van der Waals surface area contributed by atoms with Crippen LogP contribution >= 0.6 is 0 Å². The van der Waals surface area contributed by atoms with Gasteiger partial charge in [0.2, 0.25) is 0 Å². The molecule has 0 saturated carbocycles. The fraction of sp³-hybridized carbons (Fsp3) is 0.765. The molecule has 0 radical (unpaired) electrons. The number of nitrogens with one attached hydrogen (secondary N) is 1. The van der Waals surface area contributed by atoms with Crippen molar-refractivity contribution < 1.29 is 147 Å². The minimum absolute atomic E-state index is 0. The molecule has 115 heavy (non-hydrogen) atoms. The van der Waals surface area contributed by atoms with Crippen LogP contribution in [0.3, 0.4) is 0 Å². The van der Waals surface area contributed by atoms with E-state index in [2.05, 4.69) is 60.8 Å². The normalized spacial score (nSPS) is 19.9. The molecule has 0 aromatic heterocycles. The van der Waals surface area contributed by atoms with Crippen molar-refractivity contribution in [3.8, 4) is 0 Å². The number of ether oxygens (including phenoxy) is 7. The van der Waals surface area contributed by atoms with Crippen molar-refractivity contribution in [1.29, 1.82) is 0 Å². The van der Waals surface area contributed by atoms with Crippen molar-refractivity contribution in [3.05, 3.63) is 48.0 Å². The number of carbonyl (C=O) groups excluding carboxylic acids is 9. The third kappa shape index (κ3) is 51.3. The quantitative estimate of drug-likeness (QED) is 0.0184. The number of methoxy groups -OCH3 is 3. The number of nitrogens with zero attached hydrogens (tertiary/aromatic N) is 6. The summed E-state index contributed by atoms with van der Waals surface area (Å²) in [5.41, 5.74) is 5.41. The van der Waals surface area contributed by atoms with Gasteiger partial charge in [-0.25, -0.2) is 29.7 Å². The Balaban J connectivity index is -0.000000646. The van der Waals surface area contributed by atoms with E-state index in [1.807, 2.05) is 116 Å². The van der Waals surface area contributed by atoms with Gasteiger partial charge in [0.05, 0.1) is 45.0 Å². The molecule has 4 amide bonds. The van der Waals surface area contributed by atoms with E-state index in [0.717, 1.165) is 194 Å². The van der Waals surface area contributed by atoms with Crippen molar-refractivity contribution in [3.63, 3.8) is 0 Å². The minimum Gasteiger partial charge on any atom is -0.870 e. The maximum atomic E-state index is 12.2. The Morgan fingerprint density at radius 2 is 0.826 bits per heavy atom. The molecule has 6 aliphatic heterocycles. The molecule has 5 atom stereocenters. The summed E-state index contributed by atoms with van der Waals surface area (Å²) in [6, 6.07) is 12.5. The van der Waals surface area contributed by atoms with Crippen molar-refractivity contribution >= 4 is 67.3 Å². The number of piperidine rings is 2. The van der Waals surface area contributed by atoms with Crippen LogP contribution in [0.2, 0.25) is 0 Å². The fourth-order valence-electron chi connectivity index (χ4n) is 13.3. The summed E-state index contributed by atoms with van der Waals surface area (Å²) >= 11 is 0. The Labute approximate surface area is 706 Å². The first-order valence-corrected chi connectivity index (χ1v) is 39.2. The van der Waals surface area contributed by atoms with Gasteiger partial charge in [0.15, 0.2) is 0 Å². The molecule has 0 unspecified atom stereocenters. The molecule has 660 valence electrons. The second kappa shape index (κ2) is 61.7. The number of rotatable bonds is 13. The molecule has 7 aliphatic rings. The number of amides is 4. The molecule has 0 spiro atoms. The molecule has 8 rings (SSSR count). The van der Waals surface area contributed by atoms with Gasteiger partial charge >= 0.3 is 77.8 Å². The van der Waals surface area contributed by atoms with Crippen LogP contribution in [0.4, 0.5) is 19.2 Å². The van der Waals surface area contributed by atoms with E-state index in [1.54, 1.807) is 4.90 Å². The molecule has 11 N–H and O–H groups in total. The molecule has 6 heterocycles. The molecule has 1 aromatic rings. The average Bonchev–Trinajstić information content (AvgIpc) is 1.68. The van der Waals surface area contributed by atoms with Crippen LogP contribution in [0.25, 0.3) is 0 Å². The molecule has 0 bridgehead atoms. The zero-order chi connectivity index (χ0) is 83.9. The summed E-state index contributed by atoms with van der Waals surface area (Å²) in [4.78, 5) is 133. The van der Waals surface area contributed by atoms with Crippen molar-refractivity contribution in [2.24, 2.45) is 29.4 Å². The number of allylic oxidation sites excluding steroid dienone is 2. The van der Waals surface area contributed by atoms with Gasteiger partial charge in [-0.1, -0.05) is 54.9 Å². The fourth-order valence-corrected chi connectivity index (χ4v) is 13.3. The van der Waals surface area contributed by atoms with Crippen molar-refractivity contribution in [1.82, 2.24) is 40.9 Å². The molecular weight excluding hydrogens is 1510 g/mol. The number of nitrogens with two attached hydrogens (primary N) is 1. The Morgan fingerprint density at radius 3 is 1.17 bits per heavy atom. The number of hydrogen-bond donors (Lipinski definition) is 7. The number of likely N-dealkylation sites (tertiary alicyclic amines) is 6. The summed E-state index contributed by atoms with van der Waals surface area (Å²) in [5, 5.41) is 35.2. The van der Waals surface area contributed by atoms with E-state index >= 15 is 0 Å². The third-order valence-corrected chi connectivity index (χ3v) is 19.1. The van der Waals surface area contributed by atoms with Gasteiger partial charge in [-0.05, 0) is 237 Å². The maximum Gasteiger partial charge on any atom is 1.00 e. The van der Waals surface area contributed by atoms with Gasteiger partial charge in [-0.2, -0.15) is 0 Å². The van der Waals surface area contributed by atoms with E-state index < -0.39 is 40.3 Å². The average molecular weight is 1650 g/mol. The zero-order valence-electron chi connectivity index (χ0n) is 71.6. The summed E-state index contributed by atoms with van der Waals surface area (Å²) in [5.74, 6) is -1.96. The Hall–Kier alpha value is -6.63. The van der Waals surface area contributed by atoms with Crippen LogP contribution < -0.4 is 46.8 Å². The van der Waals surface area contributed by atoms with Crippen LogP contribution in [0.1, 0.15) is 237 Å². The molecule has 6 fully saturated rings. The molecule has 1 aromatic carbocycles. The second-order valence-electron chi connectivity index (χ2n) is 32.5. The summed E-state index contributed by atoms with van der Waals surface area (Å²) in [7, 11) is 4.12. The SMILES string of the molecule is C.CC(C)(C)OC(=O)N1CCC[C@H](N)CC1.CC(C)(C)OC(=O)N1CCC[C@H](N2CCC(C(=O)O)CC2)CC1.COC(=O)C(CC=O)CC=O.COC(=O)C1CC=CC1.COC(=O)C1CCN([C@H]2CCCN(C(=O)OC(C)(C)C)CC2)CC1.C[C@@H](N[C@H]1CCCN(C(=O)OC(C)(C)C)CC1)c1ccccc1.N.O=CO.OOO.[Na+].[OH-]. The van der Waals surface area contributed by atoms with Crippen LogP contribution in [0.5, 0.6) is 0 Å². The predicted octanol–water partition coefficient (Wildman–Crippen LogP) is 9.45. The number of hydrogen-bond acceptors (Lipinski definition) is 27. The van der Waals surface area contributed by atoms with E-state index in [1.165, 1.54) is 26.9 Å². The molecular formula is C81H146N9NaO24. The van der Waals surface area contributed by atoms with Gasteiger partial charge in [0.25, 0.3) is 6.47 Å². The molecule has 6 saturated heterocycles. The Kier molecular flexibility index (Phi) is 61.5. The summed E-state index contributed by atoms with van der Waals surface area (Å²) in [6.45, 7) is 34.3. The number of carboxylic acid groups (broad SMARTS) is 2. The van der Waals surface area contributed by atoms with E-state index in [-0.39, 0.29) is 128 Å². The smallest absolute Gasteiger partial charge is 0.870 e. The summed E-state index contributed by atoms with van der Waals surface area (Å²) < 4.78 is 35.5. The van der Waals surface area contributed by atoms with Crippen LogP contribution in [-0.2, 0) is 71.8 Å². The standard InChI is InChI=1S/C19H30N2O2.C18H32N2O4.C17H30N2O4.C11H22N2O2.C7H10O4.C7H10O2.CH2O2.CH4.H3N.Na.H2O3.H2O/c1-15(16-9-6-5-7-10-16)20-17-11-8-13-21(14-12-17)18(22)23-19(2,3)4;1-18(2,3)24-17(22)20-10-5-6-15(9-13-20)19-11-7-14(8-12-19)16(21)23-4;1-17(2,3)23-16(22)19-9-4-5-14(8-12-19)18-10-6-13(7-11-18)15(20)21;1-11(2,3)15-10(14)13-7-4-5-9(12)6-8-13;1-11-7(10)6(2-4-8)3-5-9;1-9-7(8)6-4-2-3-5-6;2-1-3;;;;1-3-2;/h5-7,9-10,15,17,20H,8,11-14H2,1-4H3;14-15H,5-13H2,1-4H3;13-14H,4-12H2,1-3H3,(H,20,21);9H,4-8,12H2,1-3H3;4-6H,2-3H2,1H3;2-3,6H,4-5H2,1H3;1H,(H,2,3);1H4;1H3;;1-2H;1H2/q;;;;;;;;;+1;;/p-1/t15-,17+;15-;14-;9-;;;;;;;;/m1000......../s1. The van der Waals surface area contributed by atoms with E-state index in [0.29, 0.717) is 36.7 Å². The first-order valence-electron chi connectivity index (χ1n) is 39.2. The van der Waals surface area contributed by atoms with Crippen molar-refractivity contribution in [2.45, 2.75) is 278 Å². The van der Waals surface area contributed by atoms with Gasteiger partial charge < -0.3 is 105 Å². The third-order valence-electron chi connectivity index (χ3n) is 19.1. The Bertz CT molecular complexity index is 2880. The molecule has 1 aliphatic carbocycles. The number of carboxylic acids is 1. The first kappa shape index (κ1) is 115. The van der Waals surface area contributed by atoms with Gasteiger partial charge in [-0.15, -0.1) is 0 Å². The number of esters is 3. The number of aliphatic carboxylic acids is 1. The number of carbonyl (C=O) groups is 11. The predicted molar refractivity (Wildman–Crippen MR) is 432 cm³/mol.